The van der Waals surface area contributed by atoms with Crippen LogP contribution in [0, 0.1) is 6.92 Å². The monoisotopic (exact) mass is 270 g/mol. The fraction of sp³-hybridized carbons (Fsp3) is 0.333. The van der Waals surface area contributed by atoms with Crippen LogP contribution in [0.5, 0.6) is 0 Å². The van der Waals surface area contributed by atoms with E-state index in [0.29, 0.717) is 4.60 Å². The maximum Gasteiger partial charge on any atom is 0.153 e. The summed E-state index contributed by atoms with van der Waals surface area (Å²) in [6, 6.07) is 1.58. The molecule has 5 nitrogen and oxygen atoms in total. The zero-order valence-electron chi connectivity index (χ0n) is 8.44. The van der Waals surface area contributed by atoms with Gasteiger partial charge in [-0.25, -0.2) is 4.68 Å². The number of furan rings is 1. The molecule has 0 saturated heterocycles. The van der Waals surface area contributed by atoms with Gasteiger partial charge in [0.1, 0.15) is 5.76 Å². The largest absolute Gasteiger partial charge is 0.469 e. The van der Waals surface area contributed by atoms with Crippen LogP contribution in [0.2, 0.25) is 0 Å². The molecule has 0 amide bonds. The molecule has 0 aliphatic carbocycles. The highest BCUT2D eigenvalue weighted by molar-refractivity contribution is 9.10. The summed E-state index contributed by atoms with van der Waals surface area (Å²) >= 11 is 3.32. The van der Waals surface area contributed by atoms with Gasteiger partial charge in [0.05, 0.1) is 18.0 Å². The van der Waals surface area contributed by atoms with Crippen molar-refractivity contribution in [2.75, 3.05) is 0 Å². The van der Waals surface area contributed by atoms with Gasteiger partial charge in [0.25, 0.3) is 0 Å². The van der Waals surface area contributed by atoms with Crippen molar-refractivity contribution < 1.29 is 4.42 Å². The first-order valence-electron chi connectivity index (χ1n) is 4.46. The third kappa shape index (κ3) is 1.70. The lowest BCUT2D eigenvalue weighted by molar-refractivity contribution is 0.525. The number of nitrogens with zero attached hydrogens (tertiary/aromatic N) is 3. The lowest BCUT2D eigenvalue weighted by Crippen LogP contribution is -2.16. The quantitative estimate of drug-likeness (QED) is 0.899. The third-order valence-electron chi connectivity index (χ3n) is 2.36. The molecule has 2 aromatic rings. The Morgan fingerprint density at radius 3 is 2.80 bits per heavy atom. The van der Waals surface area contributed by atoms with E-state index < -0.39 is 0 Å². The zero-order chi connectivity index (χ0) is 11.0. The van der Waals surface area contributed by atoms with Gasteiger partial charge in [-0.3, -0.25) is 0 Å². The van der Waals surface area contributed by atoms with Crippen LogP contribution >= 0.6 is 15.9 Å². The Morgan fingerprint density at radius 1 is 1.60 bits per heavy atom. The summed E-state index contributed by atoms with van der Waals surface area (Å²) in [4.78, 5) is 0. The Bertz CT molecular complexity index is 457. The number of aromatic nitrogens is 3. The molecule has 0 radical (unpaired) electrons. The minimum absolute atomic E-state index is 0.280. The van der Waals surface area contributed by atoms with Crippen LogP contribution < -0.4 is 5.73 Å². The lowest BCUT2D eigenvalue weighted by Gasteiger charge is -2.10. The molecule has 1 atom stereocenters. The van der Waals surface area contributed by atoms with Gasteiger partial charge in [0.2, 0.25) is 0 Å². The Kier molecular flexibility index (Phi) is 2.62. The third-order valence-corrected chi connectivity index (χ3v) is 2.92. The summed E-state index contributed by atoms with van der Waals surface area (Å²) in [6.07, 6.45) is 1.63. The predicted octanol–water partition coefficient (Wildman–Crippen LogP) is 1.53. The SMILES string of the molecule is Cc1occc1C(N)c1c(Br)nnn1C. The van der Waals surface area contributed by atoms with Crippen molar-refractivity contribution in [2.45, 2.75) is 13.0 Å². The molecule has 6 heteroatoms. The van der Waals surface area contributed by atoms with E-state index in [2.05, 4.69) is 26.2 Å². The zero-order valence-corrected chi connectivity index (χ0v) is 10.0. The Labute approximate surface area is 95.4 Å². The van der Waals surface area contributed by atoms with Crippen LogP contribution in [-0.4, -0.2) is 15.0 Å². The molecule has 1 unspecified atom stereocenters. The van der Waals surface area contributed by atoms with Crippen molar-refractivity contribution in [3.8, 4) is 0 Å². The summed E-state index contributed by atoms with van der Waals surface area (Å²) < 4.78 is 7.54. The molecule has 80 valence electrons. The maximum atomic E-state index is 6.12. The maximum absolute atomic E-state index is 6.12. The molecule has 2 rings (SSSR count). The van der Waals surface area contributed by atoms with E-state index in [4.69, 9.17) is 10.2 Å². The van der Waals surface area contributed by atoms with Crippen LogP contribution in [0.25, 0.3) is 0 Å². The van der Waals surface area contributed by atoms with Crippen LogP contribution in [0.15, 0.2) is 21.3 Å². The van der Waals surface area contributed by atoms with Crippen molar-refractivity contribution in [3.05, 3.63) is 34.0 Å². The van der Waals surface area contributed by atoms with Gasteiger partial charge in [0, 0.05) is 12.6 Å². The second-order valence-corrected chi connectivity index (χ2v) is 4.05. The molecule has 2 aromatic heterocycles. The van der Waals surface area contributed by atoms with Crippen molar-refractivity contribution in [3.63, 3.8) is 0 Å². The van der Waals surface area contributed by atoms with Gasteiger partial charge < -0.3 is 10.2 Å². The van der Waals surface area contributed by atoms with E-state index in [1.807, 2.05) is 20.0 Å². The average Bonchev–Trinajstić information content (AvgIpc) is 2.73. The van der Waals surface area contributed by atoms with E-state index in [-0.39, 0.29) is 6.04 Å². The first-order chi connectivity index (χ1) is 7.11. The van der Waals surface area contributed by atoms with Crippen molar-refractivity contribution in [2.24, 2.45) is 12.8 Å². The highest BCUT2D eigenvalue weighted by atomic mass is 79.9. The smallest absolute Gasteiger partial charge is 0.153 e. The van der Waals surface area contributed by atoms with E-state index in [9.17, 15) is 0 Å². The Balaban J connectivity index is 2.45. The molecular formula is C9H11BrN4O. The molecule has 0 saturated carbocycles. The van der Waals surface area contributed by atoms with Gasteiger partial charge >= 0.3 is 0 Å². The number of aryl methyl sites for hydroxylation is 2. The highest BCUT2D eigenvalue weighted by Gasteiger charge is 2.20. The Morgan fingerprint density at radius 2 is 2.33 bits per heavy atom. The molecule has 0 aliphatic rings. The molecule has 15 heavy (non-hydrogen) atoms. The molecular weight excluding hydrogens is 260 g/mol. The van der Waals surface area contributed by atoms with Gasteiger partial charge in [-0.15, -0.1) is 5.10 Å². The first-order valence-corrected chi connectivity index (χ1v) is 5.25. The molecule has 0 bridgehead atoms. The fourth-order valence-corrected chi connectivity index (χ4v) is 2.11. The van der Waals surface area contributed by atoms with E-state index >= 15 is 0 Å². The summed E-state index contributed by atoms with van der Waals surface area (Å²) in [6.45, 7) is 1.88. The van der Waals surface area contributed by atoms with Crippen molar-refractivity contribution >= 4 is 15.9 Å². The first kappa shape index (κ1) is 10.4. The molecule has 2 heterocycles. The molecule has 0 aromatic carbocycles. The molecule has 0 aliphatic heterocycles. The summed E-state index contributed by atoms with van der Waals surface area (Å²) in [7, 11) is 1.81. The standard InChI is InChI=1S/C9H11BrN4O/c1-5-6(3-4-15-5)7(11)8-9(10)12-13-14(8)2/h3-4,7H,11H2,1-2H3. The summed E-state index contributed by atoms with van der Waals surface area (Å²) in [5.74, 6) is 0.815. The predicted molar refractivity (Wildman–Crippen MR) is 58.2 cm³/mol. The number of hydrogen-bond donors (Lipinski definition) is 1. The highest BCUT2D eigenvalue weighted by Crippen LogP contribution is 2.26. The van der Waals surface area contributed by atoms with Gasteiger partial charge in [-0.1, -0.05) is 5.21 Å². The van der Waals surface area contributed by atoms with Gasteiger partial charge in [-0.05, 0) is 28.9 Å². The normalized spacial score (nSPS) is 13.1. The minimum atomic E-state index is -0.280. The summed E-state index contributed by atoms with van der Waals surface area (Å²) in [5.41, 5.74) is 7.90. The Hall–Kier alpha value is -1.14. The second-order valence-electron chi connectivity index (χ2n) is 3.30. The van der Waals surface area contributed by atoms with E-state index in [1.54, 1.807) is 10.9 Å². The average molecular weight is 271 g/mol. The minimum Gasteiger partial charge on any atom is -0.469 e. The molecule has 0 spiro atoms. The molecule has 2 N–H and O–H groups in total. The van der Waals surface area contributed by atoms with Crippen LogP contribution in [0.4, 0.5) is 0 Å². The number of nitrogens with two attached hydrogens (primary N) is 1. The van der Waals surface area contributed by atoms with Crippen LogP contribution in [0.3, 0.4) is 0 Å². The van der Waals surface area contributed by atoms with Gasteiger partial charge in [-0.2, -0.15) is 0 Å². The van der Waals surface area contributed by atoms with Crippen molar-refractivity contribution in [1.82, 2.24) is 15.0 Å². The number of rotatable bonds is 2. The second kappa shape index (κ2) is 3.79. The van der Waals surface area contributed by atoms with Crippen molar-refractivity contribution in [1.29, 1.82) is 0 Å². The summed E-state index contributed by atoms with van der Waals surface area (Å²) in [5, 5.41) is 7.78. The molecule has 0 fully saturated rings. The van der Waals surface area contributed by atoms with E-state index in [1.165, 1.54) is 0 Å². The number of hydrogen-bond acceptors (Lipinski definition) is 4. The van der Waals surface area contributed by atoms with Crippen LogP contribution in [0.1, 0.15) is 23.1 Å². The van der Waals surface area contributed by atoms with Crippen LogP contribution in [-0.2, 0) is 7.05 Å². The van der Waals surface area contributed by atoms with E-state index in [0.717, 1.165) is 17.0 Å². The fourth-order valence-electron chi connectivity index (χ4n) is 1.53. The van der Waals surface area contributed by atoms with Gasteiger partial charge in [0.15, 0.2) is 4.60 Å². The number of halogens is 1. The lowest BCUT2D eigenvalue weighted by atomic mass is 10.1. The topological polar surface area (TPSA) is 69.9 Å².